The number of benzene rings is 1. The van der Waals surface area contributed by atoms with Crippen LogP contribution in [0, 0.1) is 5.41 Å². The smallest absolute Gasteiger partial charge is 0.312 e. The van der Waals surface area contributed by atoms with E-state index < -0.39 is 17.5 Å². The molecule has 0 radical (unpaired) electrons. The highest BCUT2D eigenvalue weighted by atomic mass is 35.5. The lowest BCUT2D eigenvalue weighted by Gasteiger charge is -2.22. The van der Waals surface area contributed by atoms with Crippen molar-refractivity contribution in [2.24, 2.45) is 5.41 Å². The fourth-order valence-corrected chi connectivity index (χ4v) is 1.43. The van der Waals surface area contributed by atoms with Gasteiger partial charge in [-0.05, 0) is 39.8 Å². The summed E-state index contributed by atoms with van der Waals surface area (Å²) in [5, 5.41) is 0.572. The van der Waals surface area contributed by atoms with Crippen LogP contribution in [0.5, 0.6) is 0 Å². The van der Waals surface area contributed by atoms with E-state index in [1.807, 2.05) is 0 Å². The maximum absolute atomic E-state index is 11.8. The van der Waals surface area contributed by atoms with E-state index in [2.05, 4.69) is 0 Å². The van der Waals surface area contributed by atoms with E-state index in [0.29, 0.717) is 10.6 Å². The molecule has 0 heterocycles. The third kappa shape index (κ3) is 3.84. The molecule has 0 amide bonds. The molecule has 1 rings (SSSR count). The number of rotatable bonds is 3. The summed E-state index contributed by atoms with van der Waals surface area (Å²) in [6.45, 7) is 6.63. The molecule has 0 saturated carbocycles. The first kappa shape index (κ1) is 14.7. The van der Waals surface area contributed by atoms with Gasteiger partial charge in [0.05, 0.1) is 5.41 Å². The molecule has 1 unspecified atom stereocenters. The van der Waals surface area contributed by atoms with Gasteiger partial charge in [0.25, 0.3) is 0 Å². The maximum atomic E-state index is 11.8. The summed E-state index contributed by atoms with van der Waals surface area (Å²) in [6.07, 6.45) is -0.867. The average molecular weight is 269 g/mol. The Morgan fingerprint density at radius 3 is 2.06 bits per heavy atom. The zero-order chi connectivity index (χ0) is 13.9. The van der Waals surface area contributed by atoms with Crippen molar-refractivity contribution in [3.05, 3.63) is 34.9 Å². The van der Waals surface area contributed by atoms with Crippen LogP contribution in [0.25, 0.3) is 0 Å². The number of hydrogen-bond donors (Lipinski definition) is 0. The van der Waals surface area contributed by atoms with Crippen LogP contribution in [0.2, 0.25) is 5.02 Å². The molecule has 1 atom stereocenters. The molecule has 4 heteroatoms. The minimum absolute atomic E-state index is 0.213. The predicted octanol–water partition coefficient (Wildman–Crippen LogP) is 3.56. The highest BCUT2D eigenvalue weighted by molar-refractivity contribution is 6.30. The fraction of sp³-hybridized carbons (Fsp3) is 0.429. The molecular weight excluding hydrogens is 252 g/mol. The summed E-state index contributed by atoms with van der Waals surface area (Å²) in [7, 11) is 0. The zero-order valence-electron chi connectivity index (χ0n) is 11.0. The van der Waals surface area contributed by atoms with Gasteiger partial charge in [-0.25, -0.2) is 0 Å². The normalized spacial score (nSPS) is 12.9. The summed E-state index contributed by atoms with van der Waals surface area (Å²) in [5.74, 6) is -0.618. The maximum Gasteiger partial charge on any atom is 0.312 e. The molecule has 0 bridgehead atoms. The van der Waals surface area contributed by atoms with Crippen LogP contribution in [0.15, 0.2) is 24.3 Å². The van der Waals surface area contributed by atoms with Crippen LogP contribution < -0.4 is 0 Å². The Morgan fingerprint density at radius 2 is 1.67 bits per heavy atom. The first-order chi connectivity index (χ1) is 8.21. The van der Waals surface area contributed by atoms with Gasteiger partial charge in [-0.15, -0.1) is 0 Å². The minimum Gasteiger partial charge on any atom is -0.449 e. The van der Waals surface area contributed by atoms with Crippen molar-refractivity contribution in [1.82, 2.24) is 0 Å². The predicted molar refractivity (Wildman–Crippen MR) is 70.4 cm³/mol. The number of carbonyl (C=O) groups is 2. The van der Waals surface area contributed by atoms with Crippen molar-refractivity contribution >= 4 is 23.4 Å². The minimum atomic E-state index is -0.867. The van der Waals surface area contributed by atoms with Crippen LogP contribution in [0.4, 0.5) is 0 Å². The quantitative estimate of drug-likeness (QED) is 0.787. The molecule has 3 nitrogen and oxygen atoms in total. The summed E-state index contributed by atoms with van der Waals surface area (Å²) >= 11 is 5.78. The molecule has 0 aliphatic heterocycles. The lowest BCUT2D eigenvalue weighted by atomic mass is 9.97. The summed E-state index contributed by atoms with van der Waals surface area (Å²) in [6, 6.07) is 6.70. The monoisotopic (exact) mass is 268 g/mol. The Hall–Kier alpha value is -1.35. The van der Waals surface area contributed by atoms with Gasteiger partial charge in [-0.3, -0.25) is 9.59 Å². The topological polar surface area (TPSA) is 43.4 Å². The van der Waals surface area contributed by atoms with Crippen LogP contribution in [-0.4, -0.2) is 11.8 Å². The second kappa shape index (κ2) is 5.53. The number of ether oxygens (including phenoxy) is 1. The molecule has 1 aromatic carbocycles. The number of esters is 1. The van der Waals surface area contributed by atoms with Crippen molar-refractivity contribution in [3.8, 4) is 0 Å². The first-order valence-electron chi connectivity index (χ1n) is 5.69. The number of hydrogen-bond acceptors (Lipinski definition) is 3. The van der Waals surface area contributed by atoms with Gasteiger partial charge in [-0.2, -0.15) is 0 Å². The lowest BCUT2D eigenvalue weighted by Crippen LogP contribution is -2.27. The van der Waals surface area contributed by atoms with Crippen molar-refractivity contribution in [1.29, 1.82) is 0 Å². The summed E-state index contributed by atoms with van der Waals surface area (Å²) in [5.41, 5.74) is -0.00960. The molecule has 0 fully saturated rings. The molecule has 0 aliphatic carbocycles. The van der Waals surface area contributed by atoms with Crippen LogP contribution in [-0.2, 0) is 14.3 Å². The largest absolute Gasteiger partial charge is 0.449 e. The van der Waals surface area contributed by atoms with E-state index in [-0.39, 0.29) is 5.78 Å². The SMILES string of the molecule is CC(=O)C(OC(=O)C(C)(C)C)c1ccc(Cl)cc1. The Labute approximate surface area is 112 Å². The van der Waals surface area contributed by atoms with Crippen molar-refractivity contribution in [2.45, 2.75) is 33.8 Å². The van der Waals surface area contributed by atoms with Crippen molar-refractivity contribution < 1.29 is 14.3 Å². The second-order valence-corrected chi connectivity index (χ2v) is 5.63. The van der Waals surface area contributed by atoms with Gasteiger partial charge >= 0.3 is 5.97 Å². The van der Waals surface area contributed by atoms with Gasteiger partial charge in [0.1, 0.15) is 0 Å². The summed E-state index contributed by atoms with van der Waals surface area (Å²) in [4.78, 5) is 23.4. The van der Waals surface area contributed by atoms with Gasteiger partial charge in [-0.1, -0.05) is 23.7 Å². The van der Waals surface area contributed by atoms with E-state index in [1.165, 1.54) is 6.92 Å². The molecule has 1 aromatic rings. The standard InChI is InChI=1S/C14H17ClO3/c1-9(16)12(18-13(17)14(2,3)4)10-5-7-11(15)8-6-10/h5-8,12H,1-4H3. The van der Waals surface area contributed by atoms with E-state index in [0.717, 1.165) is 0 Å². The molecule has 0 saturated heterocycles. The van der Waals surface area contributed by atoms with Gasteiger partial charge in [0.15, 0.2) is 11.9 Å². The van der Waals surface area contributed by atoms with E-state index >= 15 is 0 Å². The zero-order valence-corrected chi connectivity index (χ0v) is 11.7. The van der Waals surface area contributed by atoms with Crippen LogP contribution in [0.3, 0.4) is 0 Å². The molecule has 0 aliphatic rings. The Bertz CT molecular complexity index is 443. The third-order valence-corrected chi connectivity index (χ3v) is 2.63. The number of ketones is 1. The van der Waals surface area contributed by atoms with Gasteiger partial charge in [0, 0.05) is 10.6 Å². The molecule has 18 heavy (non-hydrogen) atoms. The van der Waals surface area contributed by atoms with Crippen LogP contribution in [0.1, 0.15) is 39.4 Å². The molecule has 0 N–H and O–H groups in total. The van der Waals surface area contributed by atoms with Crippen molar-refractivity contribution in [3.63, 3.8) is 0 Å². The first-order valence-corrected chi connectivity index (χ1v) is 6.06. The molecule has 0 aromatic heterocycles. The number of halogens is 1. The highest BCUT2D eigenvalue weighted by Crippen LogP contribution is 2.25. The molecule has 0 spiro atoms. The van der Waals surface area contributed by atoms with Gasteiger partial charge < -0.3 is 4.74 Å². The summed E-state index contributed by atoms with van der Waals surface area (Å²) < 4.78 is 5.27. The average Bonchev–Trinajstić information content (AvgIpc) is 2.25. The number of carbonyl (C=O) groups excluding carboxylic acids is 2. The Morgan fingerprint density at radius 1 is 1.17 bits per heavy atom. The number of Topliss-reactive ketones (excluding diaryl/α,β-unsaturated/α-hetero) is 1. The highest BCUT2D eigenvalue weighted by Gasteiger charge is 2.29. The Balaban J connectivity index is 2.94. The van der Waals surface area contributed by atoms with Crippen molar-refractivity contribution in [2.75, 3.05) is 0 Å². The molecular formula is C14H17ClO3. The van der Waals surface area contributed by atoms with E-state index in [9.17, 15) is 9.59 Å². The third-order valence-electron chi connectivity index (χ3n) is 2.38. The Kier molecular flexibility index (Phi) is 4.52. The second-order valence-electron chi connectivity index (χ2n) is 5.20. The molecule has 98 valence electrons. The van der Waals surface area contributed by atoms with E-state index in [4.69, 9.17) is 16.3 Å². The lowest BCUT2D eigenvalue weighted by molar-refractivity contribution is -0.163. The van der Waals surface area contributed by atoms with Crippen LogP contribution >= 0.6 is 11.6 Å². The fourth-order valence-electron chi connectivity index (χ4n) is 1.31. The van der Waals surface area contributed by atoms with Gasteiger partial charge in [0.2, 0.25) is 0 Å². The van der Waals surface area contributed by atoms with E-state index in [1.54, 1.807) is 45.0 Å².